The molecule has 0 aliphatic heterocycles. The van der Waals surface area contributed by atoms with Crippen molar-refractivity contribution in [3.8, 4) is 5.75 Å². The zero-order chi connectivity index (χ0) is 14.1. The fraction of sp³-hybridized carbons (Fsp3) is 0.625. The highest BCUT2D eigenvalue weighted by Gasteiger charge is 2.42. The molecule has 0 aromatic heterocycles. The molecule has 0 amide bonds. The smallest absolute Gasteiger partial charge is 0.133 e. The van der Waals surface area contributed by atoms with Gasteiger partial charge in [-0.25, -0.2) is 0 Å². The SMILES string of the molecule is COc1ccc(CC(NN)C2CC3CCC2C3)cc1Br. The standard InChI is InChI=1S/C16H23BrN2O/c1-20-16-5-3-11(8-14(16)17)9-15(19-18)13-7-10-2-4-12(13)6-10/h3,5,8,10,12-13,15,19H,2,4,6-7,9,18H2,1H3. The third-order valence-corrected chi connectivity index (χ3v) is 5.82. The molecule has 2 aliphatic carbocycles. The number of methoxy groups -OCH3 is 1. The van der Waals surface area contributed by atoms with Crippen molar-refractivity contribution in [2.75, 3.05) is 7.11 Å². The third kappa shape index (κ3) is 2.74. The van der Waals surface area contributed by atoms with Gasteiger partial charge in [-0.05, 0) is 77.1 Å². The number of halogens is 1. The van der Waals surface area contributed by atoms with Crippen molar-refractivity contribution in [2.45, 2.75) is 38.1 Å². The maximum Gasteiger partial charge on any atom is 0.133 e. The first-order valence-corrected chi connectivity index (χ1v) is 8.29. The van der Waals surface area contributed by atoms with Crippen LogP contribution >= 0.6 is 15.9 Å². The van der Waals surface area contributed by atoms with Crippen molar-refractivity contribution in [1.29, 1.82) is 0 Å². The van der Waals surface area contributed by atoms with Gasteiger partial charge in [0.1, 0.15) is 5.75 Å². The van der Waals surface area contributed by atoms with E-state index in [-0.39, 0.29) is 0 Å². The number of nitrogens with two attached hydrogens (primary N) is 1. The fourth-order valence-corrected chi connectivity index (χ4v) is 4.80. The zero-order valence-corrected chi connectivity index (χ0v) is 13.5. The van der Waals surface area contributed by atoms with Crippen LogP contribution in [0.25, 0.3) is 0 Å². The second-order valence-corrected chi connectivity index (χ2v) is 7.14. The van der Waals surface area contributed by atoms with Crippen LogP contribution in [0.1, 0.15) is 31.2 Å². The number of hydrogen-bond donors (Lipinski definition) is 2. The molecule has 3 nitrogen and oxygen atoms in total. The molecular weight excluding hydrogens is 316 g/mol. The molecule has 4 unspecified atom stereocenters. The highest BCUT2D eigenvalue weighted by Crippen LogP contribution is 2.49. The van der Waals surface area contributed by atoms with E-state index in [1.807, 2.05) is 6.07 Å². The lowest BCUT2D eigenvalue weighted by Crippen LogP contribution is -2.44. The van der Waals surface area contributed by atoms with Crippen molar-refractivity contribution in [3.05, 3.63) is 28.2 Å². The molecule has 0 heterocycles. The summed E-state index contributed by atoms with van der Waals surface area (Å²) in [5.41, 5.74) is 4.39. The highest BCUT2D eigenvalue weighted by molar-refractivity contribution is 9.10. The minimum atomic E-state index is 0.394. The van der Waals surface area contributed by atoms with Crippen LogP contribution in [0, 0.1) is 17.8 Å². The number of hydrogen-bond acceptors (Lipinski definition) is 3. The molecule has 110 valence electrons. The Morgan fingerprint density at radius 2 is 2.25 bits per heavy atom. The van der Waals surface area contributed by atoms with Crippen LogP contribution < -0.4 is 16.0 Å². The summed E-state index contributed by atoms with van der Waals surface area (Å²) in [6, 6.07) is 6.70. The number of benzene rings is 1. The fourth-order valence-electron chi connectivity index (χ4n) is 4.21. The van der Waals surface area contributed by atoms with Gasteiger partial charge in [0, 0.05) is 6.04 Å². The average molecular weight is 339 g/mol. The Hall–Kier alpha value is -0.580. The first-order valence-electron chi connectivity index (χ1n) is 7.49. The zero-order valence-electron chi connectivity index (χ0n) is 11.9. The third-order valence-electron chi connectivity index (χ3n) is 5.20. The number of nitrogens with one attached hydrogen (secondary N) is 1. The predicted octanol–water partition coefficient (Wildman–Crippen LogP) is 3.27. The molecule has 2 saturated carbocycles. The van der Waals surface area contributed by atoms with Crippen molar-refractivity contribution < 1.29 is 4.74 Å². The molecule has 1 aromatic rings. The normalized spacial score (nSPS) is 29.6. The molecular formula is C16H23BrN2O. The molecule has 3 N–H and O–H groups in total. The Kier molecular flexibility index (Phi) is 4.34. The number of ether oxygens (including phenoxy) is 1. The van der Waals surface area contributed by atoms with Gasteiger partial charge in [-0.1, -0.05) is 12.5 Å². The number of hydrazine groups is 1. The van der Waals surface area contributed by atoms with Crippen LogP contribution in [0.2, 0.25) is 0 Å². The van der Waals surface area contributed by atoms with Gasteiger partial charge in [0.15, 0.2) is 0 Å². The summed E-state index contributed by atoms with van der Waals surface area (Å²) >= 11 is 3.56. The van der Waals surface area contributed by atoms with E-state index in [2.05, 4.69) is 33.5 Å². The number of fused-ring (bicyclic) bond motifs is 2. The molecule has 20 heavy (non-hydrogen) atoms. The lowest BCUT2D eigenvalue weighted by molar-refractivity contribution is 0.248. The Labute approximate surface area is 129 Å². The monoisotopic (exact) mass is 338 g/mol. The maximum absolute atomic E-state index is 5.84. The van der Waals surface area contributed by atoms with Crippen molar-refractivity contribution in [2.24, 2.45) is 23.6 Å². The second-order valence-electron chi connectivity index (χ2n) is 6.28. The van der Waals surface area contributed by atoms with E-state index in [4.69, 9.17) is 10.6 Å². The molecule has 0 spiro atoms. The van der Waals surface area contributed by atoms with Crippen LogP contribution in [-0.2, 0) is 6.42 Å². The van der Waals surface area contributed by atoms with Crippen LogP contribution in [0.4, 0.5) is 0 Å². The molecule has 2 bridgehead atoms. The van der Waals surface area contributed by atoms with Gasteiger partial charge in [-0.2, -0.15) is 0 Å². The molecule has 3 rings (SSSR count). The van der Waals surface area contributed by atoms with E-state index >= 15 is 0 Å². The lowest BCUT2D eigenvalue weighted by Gasteiger charge is -2.30. The van der Waals surface area contributed by atoms with Gasteiger partial charge < -0.3 is 4.74 Å². The lowest BCUT2D eigenvalue weighted by atomic mass is 9.81. The predicted molar refractivity (Wildman–Crippen MR) is 84.4 cm³/mol. The van der Waals surface area contributed by atoms with E-state index in [1.54, 1.807) is 7.11 Å². The molecule has 4 atom stereocenters. The topological polar surface area (TPSA) is 47.3 Å². The Morgan fingerprint density at radius 3 is 2.80 bits per heavy atom. The van der Waals surface area contributed by atoms with E-state index < -0.39 is 0 Å². The maximum atomic E-state index is 5.84. The van der Waals surface area contributed by atoms with Crippen molar-refractivity contribution in [3.63, 3.8) is 0 Å². The molecule has 2 fully saturated rings. The molecule has 0 radical (unpaired) electrons. The molecule has 4 heteroatoms. The largest absolute Gasteiger partial charge is 0.496 e. The molecule has 0 saturated heterocycles. The quantitative estimate of drug-likeness (QED) is 0.639. The van der Waals surface area contributed by atoms with Gasteiger partial charge in [-0.3, -0.25) is 11.3 Å². The molecule has 1 aromatic carbocycles. The van der Waals surface area contributed by atoms with Crippen molar-refractivity contribution >= 4 is 15.9 Å². The summed E-state index contributed by atoms with van der Waals surface area (Å²) < 4.78 is 6.30. The summed E-state index contributed by atoms with van der Waals surface area (Å²) in [4.78, 5) is 0. The van der Waals surface area contributed by atoms with Gasteiger partial charge in [0.05, 0.1) is 11.6 Å². The van der Waals surface area contributed by atoms with E-state index in [0.717, 1.165) is 34.4 Å². The van der Waals surface area contributed by atoms with E-state index in [9.17, 15) is 0 Å². The first kappa shape index (κ1) is 14.4. The average Bonchev–Trinajstić information content (AvgIpc) is 3.07. The molecule has 2 aliphatic rings. The summed E-state index contributed by atoms with van der Waals surface area (Å²) in [6.07, 6.45) is 6.62. The van der Waals surface area contributed by atoms with Crippen molar-refractivity contribution in [1.82, 2.24) is 5.43 Å². The van der Waals surface area contributed by atoms with E-state index in [1.165, 1.54) is 31.2 Å². The highest BCUT2D eigenvalue weighted by atomic mass is 79.9. The van der Waals surface area contributed by atoms with Crippen LogP contribution in [-0.4, -0.2) is 13.2 Å². The van der Waals surface area contributed by atoms with Crippen LogP contribution in [0.5, 0.6) is 5.75 Å². The summed E-state index contributed by atoms with van der Waals surface area (Å²) in [5, 5.41) is 0. The van der Waals surface area contributed by atoms with Gasteiger partial charge in [0.2, 0.25) is 0 Å². The van der Waals surface area contributed by atoms with Crippen LogP contribution in [0.3, 0.4) is 0 Å². The Bertz CT molecular complexity index is 480. The van der Waals surface area contributed by atoms with E-state index in [0.29, 0.717) is 6.04 Å². The summed E-state index contributed by atoms with van der Waals surface area (Å²) in [6.45, 7) is 0. The summed E-state index contributed by atoms with van der Waals surface area (Å²) in [7, 11) is 1.69. The van der Waals surface area contributed by atoms with Gasteiger partial charge in [0.25, 0.3) is 0 Å². The van der Waals surface area contributed by atoms with Crippen LogP contribution in [0.15, 0.2) is 22.7 Å². The second kappa shape index (κ2) is 6.04. The Balaban J connectivity index is 1.70. The first-order chi connectivity index (χ1) is 9.71. The number of rotatable bonds is 5. The summed E-state index contributed by atoms with van der Waals surface area (Å²) in [5.74, 6) is 9.32. The van der Waals surface area contributed by atoms with Gasteiger partial charge >= 0.3 is 0 Å². The van der Waals surface area contributed by atoms with Gasteiger partial charge in [-0.15, -0.1) is 0 Å². The Morgan fingerprint density at radius 1 is 1.40 bits per heavy atom. The minimum absolute atomic E-state index is 0.394. The minimum Gasteiger partial charge on any atom is -0.496 e.